The highest BCUT2D eigenvalue weighted by Gasteiger charge is 2.19. The zero-order valence-corrected chi connectivity index (χ0v) is 11.1. The van der Waals surface area contributed by atoms with Crippen LogP contribution < -0.4 is 0 Å². The van der Waals surface area contributed by atoms with E-state index in [1.54, 1.807) is 0 Å². The highest BCUT2D eigenvalue weighted by atomic mass is 16.4. The summed E-state index contributed by atoms with van der Waals surface area (Å²) in [6.07, 6.45) is 2.80. The van der Waals surface area contributed by atoms with E-state index in [1.807, 2.05) is 31.2 Å². The lowest BCUT2D eigenvalue weighted by Gasteiger charge is -2.13. The molecule has 1 aromatic rings. The van der Waals surface area contributed by atoms with E-state index in [0.29, 0.717) is 12.8 Å². The van der Waals surface area contributed by atoms with E-state index in [9.17, 15) is 14.7 Å². The predicted octanol–water partition coefficient (Wildman–Crippen LogP) is 3.20. The fourth-order valence-corrected chi connectivity index (χ4v) is 2.12. The molecule has 0 aliphatic rings. The summed E-state index contributed by atoms with van der Waals surface area (Å²) in [5, 5.41) is 17.8. The number of carboxylic acids is 2. The molecular formula is C15H20O4. The molecule has 0 bridgehead atoms. The van der Waals surface area contributed by atoms with Crippen LogP contribution in [0, 0.1) is 6.92 Å². The molecule has 1 atom stereocenters. The van der Waals surface area contributed by atoms with Crippen LogP contribution in [0.1, 0.15) is 49.1 Å². The van der Waals surface area contributed by atoms with Crippen molar-refractivity contribution in [1.29, 1.82) is 0 Å². The van der Waals surface area contributed by atoms with E-state index in [1.165, 1.54) is 0 Å². The molecule has 0 amide bonds. The first kappa shape index (κ1) is 15.2. The summed E-state index contributed by atoms with van der Waals surface area (Å²) in [4.78, 5) is 21.7. The molecule has 1 rings (SSSR count). The number of hydrogen-bond donors (Lipinski definition) is 2. The third kappa shape index (κ3) is 5.55. The highest BCUT2D eigenvalue weighted by molar-refractivity contribution is 5.76. The minimum atomic E-state index is -0.816. The van der Waals surface area contributed by atoms with E-state index >= 15 is 0 Å². The Labute approximate surface area is 113 Å². The zero-order chi connectivity index (χ0) is 14.3. The number of hydrogen-bond acceptors (Lipinski definition) is 2. The molecule has 0 radical (unpaired) electrons. The second kappa shape index (κ2) is 7.56. The number of carbonyl (C=O) groups is 2. The zero-order valence-electron chi connectivity index (χ0n) is 11.1. The van der Waals surface area contributed by atoms with Gasteiger partial charge in [-0.25, -0.2) is 0 Å². The predicted molar refractivity (Wildman–Crippen MR) is 72.3 cm³/mol. The molecule has 4 nitrogen and oxygen atoms in total. The van der Waals surface area contributed by atoms with Crippen LogP contribution in [-0.2, 0) is 9.59 Å². The van der Waals surface area contributed by atoms with Crippen LogP contribution in [0.15, 0.2) is 24.3 Å². The molecule has 0 aliphatic carbocycles. The first-order chi connectivity index (χ1) is 9.00. The van der Waals surface area contributed by atoms with Crippen LogP contribution >= 0.6 is 0 Å². The van der Waals surface area contributed by atoms with Gasteiger partial charge >= 0.3 is 11.9 Å². The van der Waals surface area contributed by atoms with Crippen molar-refractivity contribution in [2.75, 3.05) is 0 Å². The Bertz CT molecular complexity index is 440. The van der Waals surface area contributed by atoms with Gasteiger partial charge in [0.15, 0.2) is 0 Å². The molecular weight excluding hydrogens is 244 g/mol. The second-order valence-corrected chi connectivity index (χ2v) is 4.80. The number of unbranched alkanes of at least 4 members (excludes halogenated alkanes) is 2. The van der Waals surface area contributed by atoms with Gasteiger partial charge in [-0.2, -0.15) is 0 Å². The molecule has 0 aliphatic heterocycles. The summed E-state index contributed by atoms with van der Waals surface area (Å²) in [5.41, 5.74) is 1.88. The van der Waals surface area contributed by atoms with E-state index in [2.05, 4.69) is 0 Å². The van der Waals surface area contributed by atoms with Crippen molar-refractivity contribution in [3.8, 4) is 0 Å². The van der Waals surface area contributed by atoms with Gasteiger partial charge in [-0.05, 0) is 25.3 Å². The number of aliphatic carboxylic acids is 2. The molecule has 0 fully saturated rings. The monoisotopic (exact) mass is 264 g/mol. The first-order valence-corrected chi connectivity index (χ1v) is 6.52. The summed E-state index contributed by atoms with van der Waals surface area (Å²) < 4.78 is 0. The van der Waals surface area contributed by atoms with Crippen molar-refractivity contribution in [3.05, 3.63) is 35.4 Å². The molecule has 19 heavy (non-hydrogen) atoms. The fourth-order valence-electron chi connectivity index (χ4n) is 2.12. The van der Waals surface area contributed by atoms with Gasteiger partial charge in [0.2, 0.25) is 0 Å². The number of rotatable bonds is 8. The molecule has 2 N–H and O–H groups in total. The third-order valence-corrected chi connectivity index (χ3v) is 3.13. The molecule has 0 aromatic heterocycles. The number of aryl methyl sites for hydroxylation is 1. The molecule has 0 spiro atoms. The topological polar surface area (TPSA) is 74.6 Å². The Morgan fingerprint density at radius 2 is 1.89 bits per heavy atom. The lowest BCUT2D eigenvalue weighted by atomic mass is 9.92. The van der Waals surface area contributed by atoms with Crippen LogP contribution in [0.25, 0.3) is 0 Å². The number of carboxylic acid groups (broad SMARTS) is 2. The Morgan fingerprint density at radius 1 is 1.16 bits per heavy atom. The van der Waals surface area contributed by atoms with Gasteiger partial charge in [0.05, 0.1) is 5.92 Å². The lowest BCUT2D eigenvalue weighted by Crippen LogP contribution is -2.11. The normalized spacial score (nSPS) is 12.1. The summed E-state index contributed by atoms with van der Waals surface area (Å²) >= 11 is 0. The standard InChI is InChI=1S/C15H20O4/c1-11-6-5-7-12(10-11)13(15(18)19)8-3-2-4-9-14(16)17/h5-7,10,13H,2-4,8-9H2,1H3,(H,16,17)(H,18,19). The van der Waals surface area contributed by atoms with E-state index in [-0.39, 0.29) is 6.42 Å². The molecule has 0 heterocycles. The molecule has 104 valence electrons. The average molecular weight is 264 g/mol. The van der Waals surface area contributed by atoms with Crippen LogP contribution in [-0.4, -0.2) is 22.2 Å². The van der Waals surface area contributed by atoms with Crippen molar-refractivity contribution in [1.82, 2.24) is 0 Å². The summed E-state index contributed by atoms with van der Waals surface area (Å²) in [5.74, 6) is -2.11. The van der Waals surface area contributed by atoms with Gasteiger partial charge < -0.3 is 10.2 Å². The second-order valence-electron chi connectivity index (χ2n) is 4.80. The third-order valence-electron chi connectivity index (χ3n) is 3.13. The largest absolute Gasteiger partial charge is 0.481 e. The summed E-state index contributed by atoms with van der Waals surface area (Å²) in [6, 6.07) is 7.54. The van der Waals surface area contributed by atoms with Gasteiger partial charge in [0, 0.05) is 6.42 Å². The maximum atomic E-state index is 11.3. The Hall–Kier alpha value is -1.84. The Kier molecular flexibility index (Phi) is 6.06. The fraction of sp³-hybridized carbons (Fsp3) is 0.467. The van der Waals surface area contributed by atoms with Gasteiger partial charge in [-0.1, -0.05) is 42.7 Å². The lowest BCUT2D eigenvalue weighted by molar-refractivity contribution is -0.139. The quantitative estimate of drug-likeness (QED) is 0.707. The number of benzene rings is 1. The smallest absolute Gasteiger partial charge is 0.310 e. The summed E-state index contributed by atoms with van der Waals surface area (Å²) in [6.45, 7) is 1.94. The van der Waals surface area contributed by atoms with Crippen molar-refractivity contribution >= 4 is 11.9 Å². The van der Waals surface area contributed by atoms with Crippen molar-refractivity contribution in [3.63, 3.8) is 0 Å². The van der Waals surface area contributed by atoms with Gasteiger partial charge in [-0.3, -0.25) is 9.59 Å². The minimum absolute atomic E-state index is 0.155. The van der Waals surface area contributed by atoms with Crippen LogP contribution in [0.5, 0.6) is 0 Å². The van der Waals surface area contributed by atoms with Crippen LogP contribution in [0.4, 0.5) is 0 Å². The van der Waals surface area contributed by atoms with Crippen molar-refractivity contribution < 1.29 is 19.8 Å². The van der Waals surface area contributed by atoms with E-state index < -0.39 is 17.9 Å². The Balaban J connectivity index is 2.50. The average Bonchev–Trinajstić information content (AvgIpc) is 2.32. The molecule has 4 heteroatoms. The maximum absolute atomic E-state index is 11.3. The first-order valence-electron chi connectivity index (χ1n) is 6.52. The van der Waals surface area contributed by atoms with Crippen molar-refractivity contribution in [2.24, 2.45) is 0 Å². The summed E-state index contributed by atoms with van der Waals surface area (Å²) in [7, 11) is 0. The highest BCUT2D eigenvalue weighted by Crippen LogP contribution is 2.23. The molecule has 0 saturated heterocycles. The van der Waals surface area contributed by atoms with Crippen LogP contribution in [0.3, 0.4) is 0 Å². The molecule has 1 unspecified atom stereocenters. The van der Waals surface area contributed by atoms with E-state index in [0.717, 1.165) is 24.0 Å². The van der Waals surface area contributed by atoms with E-state index in [4.69, 9.17) is 5.11 Å². The van der Waals surface area contributed by atoms with Gasteiger partial charge in [0.1, 0.15) is 0 Å². The van der Waals surface area contributed by atoms with Crippen LogP contribution in [0.2, 0.25) is 0 Å². The molecule has 0 saturated carbocycles. The molecule has 1 aromatic carbocycles. The van der Waals surface area contributed by atoms with Crippen molar-refractivity contribution in [2.45, 2.75) is 44.9 Å². The minimum Gasteiger partial charge on any atom is -0.481 e. The van der Waals surface area contributed by atoms with Gasteiger partial charge in [-0.15, -0.1) is 0 Å². The maximum Gasteiger partial charge on any atom is 0.310 e. The Morgan fingerprint density at radius 3 is 2.47 bits per heavy atom. The van der Waals surface area contributed by atoms with Gasteiger partial charge in [0.25, 0.3) is 0 Å². The SMILES string of the molecule is Cc1cccc(C(CCCCCC(=O)O)C(=O)O)c1.